The highest BCUT2D eigenvalue weighted by Crippen LogP contribution is 2.47. The summed E-state index contributed by atoms with van der Waals surface area (Å²) in [6.45, 7) is 1.23. The molecule has 1 saturated carbocycles. The molecule has 1 fully saturated rings. The fourth-order valence-corrected chi connectivity index (χ4v) is 3.37. The number of carbonyl (C=O) groups excluding carboxylic acids is 1. The minimum atomic E-state index is 0.0556. The van der Waals surface area contributed by atoms with Crippen LogP contribution in [0.5, 0.6) is 0 Å². The van der Waals surface area contributed by atoms with E-state index in [-0.39, 0.29) is 11.8 Å². The van der Waals surface area contributed by atoms with E-state index in [2.05, 4.69) is 27.5 Å². The Morgan fingerprint density at radius 3 is 2.73 bits per heavy atom. The van der Waals surface area contributed by atoms with Crippen molar-refractivity contribution in [2.24, 2.45) is 5.92 Å². The van der Waals surface area contributed by atoms with Crippen LogP contribution in [0.25, 0.3) is 0 Å². The van der Waals surface area contributed by atoms with Crippen LogP contribution in [0.2, 0.25) is 5.02 Å². The normalized spacial score (nSPS) is 18.5. The highest BCUT2D eigenvalue weighted by atomic mass is 35.5. The smallest absolute Gasteiger partial charge is 0.224 e. The second kappa shape index (κ2) is 7.30. The summed E-state index contributed by atoms with van der Waals surface area (Å²) in [6, 6.07) is 16.0. The third-order valence-corrected chi connectivity index (χ3v) is 4.94. The number of halogens is 1. The Labute approximate surface area is 157 Å². The monoisotopic (exact) mass is 366 g/mol. The van der Waals surface area contributed by atoms with Crippen molar-refractivity contribution in [1.82, 2.24) is 20.1 Å². The molecule has 4 rings (SSSR count). The molecule has 1 aromatic heterocycles. The van der Waals surface area contributed by atoms with E-state index in [9.17, 15) is 4.79 Å². The SMILES string of the molecule is O=C(NCc1ccc(Cn2cncn2)cc1)C1CC1c1cccc(Cl)c1. The summed E-state index contributed by atoms with van der Waals surface area (Å²) in [6.07, 6.45) is 4.11. The molecule has 1 heterocycles. The second-order valence-corrected chi connectivity index (χ2v) is 7.07. The highest BCUT2D eigenvalue weighted by molar-refractivity contribution is 6.30. The third kappa shape index (κ3) is 3.94. The summed E-state index contributed by atoms with van der Waals surface area (Å²) in [7, 11) is 0. The average Bonchev–Trinajstić information content (AvgIpc) is 3.30. The first-order chi connectivity index (χ1) is 12.7. The van der Waals surface area contributed by atoms with Gasteiger partial charge in [-0.1, -0.05) is 48.0 Å². The molecule has 3 aromatic rings. The van der Waals surface area contributed by atoms with E-state index in [4.69, 9.17) is 11.6 Å². The van der Waals surface area contributed by atoms with Crippen LogP contribution in [0.15, 0.2) is 61.2 Å². The molecule has 0 radical (unpaired) electrons. The van der Waals surface area contributed by atoms with Crippen molar-refractivity contribution < 1.29 is 4.79 Å². The van der Waals surface area contributed by atoms with Gasteiger partial charge in [-0.3, -0.25) is 4.79 Å². The van der Waals surface area contributed by atoms with Crippen LogP contribution in [0.4, 0.5) is 0 Å². The highest BCUT2D eigenvalue weighted by Gasteiger charge is 2.43. The van der Waals surface area contributed by atoms with Crippen LogP contribution in [0, 0.1) is 5.92 Å². The molecule has 6 heteroatoms. The first-order valence-corrected chi connectivity index (χ1v) is 9.00. The van der Waals surface area contributed by atoms with Crippen molar-refractivity contribution in [3.05, 3.63) is 82.9 Å². The van der Waals surface area contributed by atoms with Crippen LogP contribution in [0.1, 0.15) is 29.0 Å². The van der Waals surface area contributed by atoms with Crippen LogP contribution >= 0.6 is 11.6 Å². The van der Waals surface area contributed by atoms with Gasteiger partial charge in [0.2, 0.25) is 5.91 Å². The first kappa shape index (κ1) is 16.8. The van der Waals surface area contributed by atoms with E-state index in [0.717, 1.165) is 28.1 Å². The number of carbonyl (C=O) groups is 1. The third-order valence-electron chi connectivity index (χ3n) is 4.70. The van der Waals surface area contributed by atoms with E-state index in [1.54, 1.807) is 11.0 Å². The van der Waals surface area contributed by atoms with E-state index >= 15 is 0 Å². The second-order valence-electron chi connectivity index (χ2n) is 6.63. The zero-order chi connectivity index (χ0) is 17.9. The Kier molecular flexibility index (Phi) is 4.71. The molecule has 0 spiro atoms. The van der Waals surface area contributed by atoms with Gasteiger partial charge in [-0.25, -0.2) is 9.67 Å². The quantitative estimate of drug-likeness (QED) is 0.727. The van der Waals surface area contributed by atoms with Crippen molar-refractivity contribution in [2.45, 2.75) is 25.4 Å². The summed E-state index contributed by atoms with van der Waals surface area (Å²) < 4.78 is 1.78. The zero-order valence-corrected chi connectivity index (χ0v) is 14.9. The van der Waals surface area contributed by atoms with E-state index in [1.807, 2.05) is 36.4 Å². The number of nitrogens with one attached hydrogen (secondary N) is 1. The van der Waals surface area contributed by atoms with E-state index in [1.165, 1.54) is 6.33 Å². The number of rotatable bonds is 6. The first-order valence-electron chi connectivity index (χ1n) is 8.62. The van der Waals surface area contributed by atoms with Crippen molar-refractivity contribution >= 4 is 17.5 Å². The maximum atomic E-state index is 12.4. The van der Waals surface area contributed by atoms with Crippen LogP contribution < -0.4 is 5.32 Å². The summed E-state index contributed by atoms with van der Waals surface area (Å²) in [5.41, 5.74) is 3.38. The number of benzene rings is 2. The predicted molar refractivity (Wildman–Crippen MR) is 99.7 cm³/mol. The fraction of sp³-hybridized carbons (Fsp3) is 0.250. The van der Waals surface area contributed by atoms with E-state index < -0.39 is 0 Å². The summed E-state index contributed by atoms with van der Waals surface area (Å²) in [5.74, 6) is 0.459. The van der Waals surface area contributed by atoms with Gasteiger partial charge in [0.1, 0.15) is 12.7 Å². The molecular formula is C20H19ClN4O. The lowest BCUT2D eigenvalue weighted by molar-refractivity contribution is -0.122. The molecule has 1 amide bonds. The molecule has 0 aliphatic heterocycles. The molecule has 1 aliphatic rings. The van der Waals surface area contributed by atoms with Gasteiger partial charge >= 0.3 is 0 Å². The Bertz CT molecular complexity index is 892. The standard InChI is InChI=1S/C20H19ClN4O/c21-17-3-1-2-16(8-17)18-9-19(18)20(26)23-10-14-4-6-15(7-5-14)11-25-13-22-12-24-25/h1-8,12-13,18-19H,9-11H2,(H,23,26). The summed E-state index contributed by atoms with van der Waals surface area (Å²) in [5, 5.41) is 7.86. The topological polar surface area (TPSA) is 59.8 Å². The molecule has 1 aliphatic carbocycles. The molecule has 26 heavy (non-hydrogen) atoms. The lowest BCUT2D eigenvalue weighted by Crippen LogP contribution is -2.24. The van der Waals surface area contributed by atoms with Gasteiger partial charge in [-0.05, 0) is 41.2 Å². The van der Waals surface area contributed by atoms with Gasteiger partial charge in [-0.2, -0.15) is 5.10 Å². The molecular weight excluding hydrogens is 348 g/mol. The number of amides is 1. The van der Waals surface area contributed by atoms with Gasteiger partial charge in [0.15, 0.2) is 0 Å². The molecule has 5 nitrogen and oxygen atoms in total. The average molecular weight is 367 g/mol. The van der Waals surface area contributed by atoms with Gasteiger partial charge in [0.05, 0.1) is 6.54 Å². The Morgan fingerprint density at radius 1 is 1.19 bits per heavy atom. The van der Waals surface area contributed by atoms with Gasteiger partial charge < -0.3 is 5.32 Å². The maximum absolute atomic E-state index is 12.4. The van der Waals surface area contributed by atoms with Gasteiger partial charge in [0.25, 0.3) is 0 Å². The Morgan fingerprint density at radius 2 is 2.00 bits per heavy atom. The molecule has 2 aromatic carbocycles. The molecule has 2 unspecified atom stereocenters. The molecule has 132 valence electrons. The van der Waals surface area contributed by atoms with Crippen molar-refractivity contribution in [3.63, 3.8) is 0 Å². The van der Waals surface area contributed by atoms with E-state index in [0.29, 0.717) is 19.0 Å². The Balaban J connectivity index is 1.28. The number of nitrogens with zero attached hydrogens (tertiary/aromatic N) is 3. The zero-order valence-electron chi connectivity index (χ0n) is 14.2. The molecule has 2 atom stereocenters. The number of hydrogen-bond acceptors (Lipinski definition) is 3. The predicted octanol–water partition coefficient (Wildman–Crippen LogP) is 3.40. The van der Waals surface area contributed by atoms with Gasteiger partial charge in [0, 0.05) is 17.5 Å². The fourth-order valence-electron chi connectivity index (χ4n) is 3.17. The van der Waals surface area contributed by atoms with Crippen LogP contribution in [0.3, 0.4) is 0 Å². The number of aromatic nitrogens is 3. The van der Waals surface area contributed by atoms with Crippen molar-refractivity contribution in [1.29, 1.82) is 0 Å². The Hall–Kier alpha value is -2.66. The molecule has 1 N–H and O–H groups in total. The number of hydrogen-bond donors (Lipinski definition) is 1. The largest absolute Gasteiger partial charge is 0.352 e. The maximum Gasteiger partial charge on any atom is 0.224 e. The minimum Gasteiger partial charge on any atom is -0.352 e. The molecule has 0 bridgehead atoms. The minimum absolute atomic E-state index is 0.0556. The van der Waals surface area contributed by atoms with Crippen molar-refractivity contribution in [3.8, 4) is 0 Å². The lowest BCUT2D eigenvalue weighted by Gasteiger charge is -2.07. The summed E-state index contributed by atoms with van der Waals surface area (Å²) in [4.78, 5) is 16.3. The van der Waals surface area contributed by atoms with Gasteiger partial charge in [-0.15, -0.1) is 0 Å². The summed E-state index contributed by atoms with van der Waals surface area (Å²) >= 11 is 6.03. The van der Waals surface area contributed by atoms with Crippen LogP contribution in [-0.4, -0.2) is 20.7 Å². The lowest BCUT2D eigenvalue weighted by atomic mass is 10.1. The van der Waals surface area contributed by atoms with Crippen LogP contribution in [-0.2, 0) is 17.9 Å². The van der Waals surface area contributed by atoms with Crippen molar-refractivity contribution in [2.75, 3.05) is 0 Å². The molecule has 0 saturated heterocycles.